The van der Waals surface area contributed by atoms with Crippen molar-refractivity contribution in [2.24, 2.45) is 0 Å². The molecule has 0 spiro atoms. The van der Waals surface area contributed by atoms with Crippen LogP contribution in [-0.4, -0.2) is 16.9 Å². The van der Waals surface area contributed by atoms with Crippen molar-refractivity contribution in [3.8, 4) is 0 Å². The van der Waals surface area contributed by atoms with Crippen LogP contribution in [0.5, 0.6) is 0 Å². The molecule has 94 valence electrons. The minimum atomic E-state index is -0.139. The van der Waals surface area contributed by atoms with Gasteiger partial charge in [-0.15, -0.1) is 11.3 Å². The Labute approximate surface area is 118 Å². The molecule has 0 fully saturated rings. The summed E-state index contributed by atoms with van der Waals surface area (Å²) in [6.07, 6.45) is 0.845. The average Bonchev–Trinajstić information content (AvgIpc) is 2.81. The predicted molar refractivity (Wildman–Crippen MR) is 76.9 cm³/mol. The highest BCUT2D eigenvalue weighted by Crippen LogP contribution is 2.11. The number of thiophene rings is 1. The van der Waals surface area contributed by atoms with E-state index in [1.165, 1.54) is 4.88 Å². The normalized spacial score (nSPS) is 12.1. The Kier molecular flexibility index (Phi) is 4.49. The van der Waals surface area contributed by atoms with Gasteiger partial charge < -0.3 is 5.32 Å². The number of halogens is 1. The number of carbonyl (C=O) groups is 1. The zero-order valence-electron chi connectivity index (χ0n) is 9.89. The molecule has 0 saturated heterocycles. The first-order valence-corrected chi connectivity index (χ1v) is 7.28. The number of hydrogen-bond donors (Lipinski definition) is 1. The lowest BCUT2D eigenvalue weighted by atomic mass is 10.2. The second-order valence-electron chi connectivity index (χ2n) is 4.00. The van der Waals surface area contributed by atoms with Gasteiger partial charge in [-0.05, 0) is 46.4 Å². The van der Waals surface area contributed by atoms with E-state index < -0.39 is 0 Å². The van der Waals surface area contributed by atoms with Crippen LogP contribution in [-0.2, 0) is 6.42 Å². The number of nitrogens with one attached hydrogen (secondary N) is 1. The van der Waals surface area contributed by atoms with Crippen LogP contribution in [0.4, 0.5) is 0 Å². The third kappa shape index (κ3) is 3.65. The Hall–Kier alpha value is -1.20. The quantitative estimate of drug-likeness (QED) is 0.877. The zero-order valence-corrected chi connectivity index (χ0v) is 12.3. The SMILES string of the molecule is CC(Cc1cccs1)NC(=O)c1cccc(Br)n1. The fourth-order valence-electron chi connectivity index (χ4n) is 1.61. The molecule has 0 aromatic carbocycles. The summed E-state index contributed by atoms with van der Waals surface area (Å²) in [5.74, 6) is -0.139. The van der Waals surface area contributed by atoms with Crippen LogP contribution in [0.3, 0.4) is 0 Å². The van der Waals surface area contributed by atoms with Crippen LogP contribution in [0.25, 0.3) is 0 Å². The number of pyridine rings is 1. The largest absolute Gasteiger partial charge is 0.348 e. The maximum Gasteiger partial charge on any atom is 0.270 e. The van der Waals surface area contributed by atoms with Crippen molar-refractivity contribution < 1.29 is 4.79 Å². The van der Waals surface area contributed by atoms with Crippen molar-refractivity contribution in [3.63, 3.8) is 0 Å². The van der Waals surface area contributed by atoms with Gasteiger partial charge in [0.05, 0.1) is 0 Å². The summed E-state index contributed by atoms with van der Waals surface area (Å²) in [6, 6.07) is 9.49. The summed E-state index contributed by atoms with van der Waals surface area (Å²) >= 11 is 4.96. The molecule has 1 N–H and O–H groups in total. The molecule has 3 nitrogen and oxygen atoms in total. The molecule has 2 heterocycles. The molecule has 2 aromatic heterocycles. The predicted octanol–water partition coefficient (Wildman–Crippen LogP) is 3.27. The van der Waals surface area contributed by atoms with E-state index in [4.69, 9.17) is 0 Å². The molecule has 1 amide bonds. The molecule has 0 saturated carbocycles. The highest BCUT2D eigenvalue weighted by molar-refractivity contribution is 9.10. The van der Waals surface area contributed by atoms with Crippen molar-refractivity contribution in [3.05, 3.63) is 50.9 Å². The highest BCUT2D eigenvalue weighted by Gasteiger charge is 2.11. The van der Waals surface area contributed by atoms with Crippen LogP contribution >= 0.6 is 27.3 Å². The third-order valence-corrected chi connectivity index (χ3v) is 3.75. The third-order valence-electron chi connectivity index (χ3n) is 2.41. The van der Waals surface area contributed by atoms with Gasteiger partial charge in [-0.1, -0.05) is 12.1 Å². The van der Waals surface area contributed by atoms with Crippen LogP contribution < -0.4 is 5.32 Å². The lowest BCUT2D eigenvalue weighted by Gasteiger charge is -2.12. The van der Waals surface area contributed by atoms with Crippen molar-refractivity contribution >= 4 is 33.2 Å². The molecule has 5 heteroatoms. The Morgan fingerprint density at radius 2 is 2.28 bits per heavy atom. The van der Waals surface area contributed by atoms with Crippen LogP contribution in [0.1, 0.15) is 22.3 Å². The fraction of sp³-hybridized carbons (Fsp3) is 0.231. The maximum absolute atomic E-state index is 11.9. The topological polar surface area (TPSA) is 42.0 Å². The van der Waals surface area contributed by atoms with E-state index >= 15 is 0 Å². The van der Waals surface area contributed by atoms with Gasteiger partial charge in [0, 0.05) is 17.3 Å². The van der Waals surface area contributed by atoms with Crippen molar-refractivity contribution in [1.29, 1.82) is 0 Å². The first-order valence-electron chi connectivity index (χ1n) is 5.61. The van der Waals surface area contributed by atoms with Gasteiger partial charge in [-0.25, -0.2) is 4.98 Å². The van der Waals surface area contributed by atoms with E-state index in [0.29, 0.717) is 10.3 Å². The summed E-state index contributed by atoms with van der Waals surface area (Å²) < 4.78 is 0.668. The monoisotopic (exact) mass is 324 g/mol. The zero-order chi connectivity index (χ0) is 13.0. The summed E-state index contributed by atoms with van der Waals surface area (Å²) in [7, 11) is 0. The number of hydrogen-bond acceptors (Lipinski definition) is 3. The first kappa shape index (κ1) is 13.2. The van der Waals surface area contributed by atoms with Gasteiger partial charge in [-0.3, -0.25) is 4.79 Å². The maximum atomic E-state index is 11.9. The van der Waals surface area contributed by atoms with Crippen LogP contribution in [0, 0.1) is 0 Å². The average molecular weight is 325 g/mol. The van der Waals surface area contributed by atoms with Crippen molar-refractivity contribution in [2.75, 3.05) is 0 Å². The first-order chi connectivity index (χ1) is 8.65. The van der Waals surface area contributed by atoms with Gasteiger partial charge in [0.2, 0.25) is 0 Å². The summed E-state index contributed by atoms with van der Waals surface area (Å²) in [4.78, 5) is 17.3. The molecule has 0 radical (unpaired) electrons. The molecule has 0 aliphatic heterocycles. The van der Waals surface area contributed by atoms with Crippen molar-refractivity contribution in [2.45, 2.75) is 19.4 Å². The number of nitrogens with zero attached hydrogens (tertiary/aromatic N) is 1. The number of aromatic nitrogens is 1. The fourth-order valence-corrected chi connectivity index (χ4v) is 2.79. The summed E-state index contributed by atoms with van der Waals surface area (Å²) in [5.41, 5.74) is 0.433. The second-order valence-corrected chi connectivity index (χ2v) is 5.85. The Bertz CT molecular complexity index is 528. The van der Waals surface area contributed by atoms with E-state index in [0.717, 1.165) is 6.42 Å². The van der Waals surface area contributed by atoms with Gasteiger partial charge in [-0.2, -0.15) is 0 Å². The lowest BCUT2D eigenvalue weighted by molar-refractivity contribution is 0.0935. The molecular formula is C13H13BrN2OS. The van der Waals surface area contributed by atoms with Gasteiger partial charge in [0.15, 0.2) is 0 Å². The van der Waals surface area contributed by atoms with Crippen molar-refractivity contribution in [1.82, 2.24) is 10.3 Å². The molecule has 18 heavy (non-hydrogen) atoms. The molecule has 2 rings (SSSR count). The smallest absolute Gasteiger partial charge is 0.270 e. The highest BCUT2D eigenvalue weighted by atomic mass is 79.9. The van der Waals surface area contributed by atoms with E-state index in [1.54, 1.807) is 29.5 Å². The molecule has 0 aliphatic carbocycles. The van der Waals surface area contributed by atoms with E-state index in [9.17, 15) is 4.79 Å². The summed E-state index contributed by atoms with van der Waals surface area (Å²) in [5, 5.41) is 4.99. The summed E-state index contributed by atoms with van der Waals surface area (Å²) in [6.45, 7) is 2.00. The minimum Gasteiger partial charge on any atom is -0.348 e. The van der Waals surface area contributed by atoms with E-state index in [2.05, 4.69) is 32.3 Å². The number of carbonyl (C=O) groups excluding carboxylic acids is 1. The Balaban J connectivity index is 1.95. The van der Waals surface area contributed by atoms with Crippen LogP contribution in [0.2, 0.25) is 0 Å². The molecule has 1 unspecified atom stereocenters. The molecule has 1 atom stereocenters. The molecule has 2 aromatic rings. The van der Waals surface area contributed by atoms with E-state index in [-0.39, 0.29) is 11.9 Å². The van der Waals surface area contributed by atoms with Crippen LogP contribution in [0.15, 0.2) is 40.3 Å². The number of amides is 1. The Morgan fingerprint density at radius 1 is 1.44 bits per heavy atom. The molecule has 0 aliphatic rings. The van der Waals surface area contributed by atoms with Gasteiger partial charge in [0.25, 0.3) is 5.91 Å². The standard InChI is InChI=1S/C13H13BrN2OS/c1-9(8-10-4-3-7-18-10)15-13(17)11-5-2-6-12(14)16-11/h2-7,9H,8H2,1H3,(H,15,17). The van der Waals surface area contributed by atoms with Gasteiger partial charge in [0.1, 0.15) is 10.3 Å². The second kappa shape index (κ2) is 6.11. The number of rotatable bonds is 4. The van der Waals surface area contributed by atoms with Gasteiger partial charge >= 0.3 is 0 Å². The lowest BCUT2D eigenvalue weighted by Crippen LogP contribution is -2.34. The van der Waals surface area contributed by atoms with E-state index in [1.807, 2.05) is 18.4 Å². The molecular weight excluding hydrogens is 312 g/mol. The minimum absolute atomic E-state index is 0.0944. The Morgan fingerprint density at radius 3 is 2.94 bits per heavy atom. The molecule has 0 bridgehead atoms.